The molecule has 0 bridgehead atoms. The lowest BCUT2D eigenvalue weighted by atomic mass is 9.68. The van der Waals surface area contributed by atoms with Crippen LogP contribution in [0.2, 0.25) is 0 Å². The second-order valence-corrected chi connectivity index (χ2v) is 7.82. The van der Waals surface area contributed by atoms with Crippen molar-refractivity contribution in [2.24, 2.45) is 0 Å². The van der Waals surface area contributed by atoms with Crippen LogP contribution in [0.1, 0.15) is 56.4 Å². The summed E-state index contributed by atoms with van der Waals surface area (Å²) in [6.07, 6.45) is 1.09. The fraction of sp³-hybridized carbons (Fsp3) is 0.214. The van der Waals surface area contributed by atoms with Gasteiger partial charge in [0.2, 0.25) is 0 Å². The second-order valence-electron chi connectivity index (χ2n) is 7.82. The Bertz CT molecular complexity index is 1120. The molecule has 28 heavy (non-hydrogen) atoms. The van der Waals surface area contributed by atoms with Crippen molar-refractivity contribution in [1.82, 2.24) is 0 Å². The molecule has 0 fully saturated rings. The predicted molar refractivity (Wildman–Crippen MR) is 119 cm³/mol. The van der Waals surface area contributed by atoms with Crippen molar-refractivity contribution in [2.75, 3.05) is 0 Å². The highest BCUT2D eigenvalue weighted by atomic mass is 14.6. The molecule has 3 aliphatic carbocycles. The Balaban J connectivity index is 0.000000829. The molecule has 3 aromatic rings. The number of hydrogen-bond donors (Lipinski definition) is 0. The van der Waals surface area contributed by atoms with Crippen molar-refractivity contribution < 1.29 is 0 Å². The molecule has 138 valence electrons. The van der Waals surface area contributed by atoms with Gasteiger partial charge in [0.25, 0.3) is 0 Å². The van der Waals surface area contributed by atoms with Crippen molar-refractivity contribution in [2.45, 2.75) is 39.5 Å². The summed E-state index contributed by atoms with van der Waals surface area (Å²) in [6, 6.07) is 27.1. The van der Waals surface area contributed by atoms with Crippen molar-refractivity contribution in [3.05, 3.63) is 112 Å². The van der Waals surface area contributed by atoms with Gasteiger partial charge in [0.05, 0.1) is 5.41 Å². The van der Waals surface area contributed by atoms with Gasteiger partial charge in [-0.2, -0.15) is 0 Å². The molecular formula is C28H26. The van der Waals surface area contributed by atoms with Crippen LogP contribution in [0.3, 0.4) is 0 Å². The predicted octanol–water partition coefficient (Wildman–Crippen LogP) is 7.53. The zero-order valence-corrected chi connectivity index (χ0v) is 17.1. The topological polar surface area (TPSA) is 0 Å². The molecule has 0 radical (unpaired) electrons. The van der Waals surface area contributed by atoms with E-state index in [0.717, 1.165) is 6.42 Å². The minimum Gasteiger partial charge on any atom is -0.0683 e. The van der Waals surface area contributed by atoms with E-state index in [9.17, 15) is 0 Å². The maximum atomic E-state index is 2.36. The zero-order valence-electron chi connectivity index (χ0n) is 17.1. The first-order valence-electron chi connectivity index (χ1n) is 10.4. The molecule has 0 aromatic heterocycles. The summed E-state index contributed by atoms with van der Waals surface area (Å²) in [7, 11) is 0. The van der Waals surface area contributed by atoms with Crippen LogP contribution in [-0.4, -0.2) is 0 Å². The zero-order chi connectivity index (χ0) is 19.5. The van der Waals surface area contributed by atoms with Gasteiger partial charge in [-0.3, -0.25) is 0 Å². The highest BCUT2D eigenvalue weighted by Gasteiger charge is 2.54. The van der Waals surface area contributed by atoms with E-state index >= 15 is 0 Å². The highest BCUT2D eigenvalue weighted by Crippen LogP contribution is 2.65. The smallest absolute Gasteiger partial charge is 0.0683 e. The van der Waals surface area contributed by atoms with Crippen LogP contribution in [0.25, 0.3) is 16.7 Å². The van der Waals surface area contributed by atoms with Gasteiger partial charge < -0.3 is 0 Å². The van der Waals surface area contributed by atoms with E-state index in [1.807, 2.05) is 13.8 Å². The van der Waals surface area contributed by atoms with E-state index in [1.54, 1.807) is 11.1 Å². The standard InChI is InChI=1S/C26H20.C2H6/c1-16-15-21-20-11-5-8-14-24(20)26(25(21)17(16)2)22-12-6-3-9-18(22)19-10-4-7-13-23(19)26;1-2/h3-14H,15H2,1-2H3;1-2H3. The van der Waals surface area contributed by atoms with E-state index in [-0.39, 0.29) is 5.41 Å². The normalized spacial score (nSPS) is 17.1. The van der Waals surface area contributed by atoms with Gasteiger partial charge in [0.1, 0.15) is 0 Å². The summed E-state index contributed by atoms with van der Waals surface area (Å²) in [6.45, 7) is 8.63. The average molecular weight is 363 g/mol. The van der Waals surface area contributed by atoms with Crippen LogP contribution in [0.15, 0.2) is 89.5 Å². The van der Waals surface area contributed by atoms with Crippen LogP contribution < -0.4 is 0 Å². The van der Waals surface area contributed by atoms with Crippen LogP contribution in [-0.2, 0) is 5.41 Å². The summed E-state index contributed by atoms with van der Waals surface area (Å²) in [5, 5.41) is 0. The Morgan fingerprint density at radius 2 is 1.04 bits per heavy atom. The first kappa shape index (κ1) is 17.3. The lowest BCUT2D eigenvalue weighted by Crippen LogP contribution is -2.27. The van der Waals surface area contributed by atoms with E-state index in [1.165, 1.54) is 44.5 Å². The Morgan fingerprint density at radius 1 is 0.607 bits per heavy atom. The summed E-state index contributed by atoms with van der Waals surface area (Å²) >= 11 is 0. The third kappa shape index (κ3) is 1.86. The monoisotopic (exact) mass is 362 g/mol. The molecule has 3 aliphatic rings. The largest absolute Gasteiger partial charge is 0.0724 e. The molecule has 3 aromatic carbocycles. The molecule has 0 atom stereocenters. The van der Waals surface area contributed by atoms with Gasteiger partial charge in [0, 0.05) is 0 Å². The van der Waals surface area contributed by atoms with Crippen molar-refractivity contribution in [1.29, 1.82) is 0 Å². The molecule has 0 aliphatic heterocycles. The number of benzene rings is 3. The van der Waals surface area contributed by atoms with Crippen LogP contribution in [0, 0.1) is 0 Å². The quantitative estimate of drug-likeness (QED) is 0.387. The van der Waals surface area contributed by atoms with Gasteiger partial charge in [-0.15, -0.1) is 0 Å². The van der Waals surface area contributed by atoms with Gasteiger partial charge in [0.15, 0.2) is 0 Å². The fourth-order valence-corrected chi connectivity index (χ4v) is 5.67. The summed E-state index contributed by atoms with van der Waals surface area (Å²) in [4.78, 5) is 0. The van der Waals surface area contributed by atoms with Crippen LogP contribution >= 0.6 is 0 Å². The Kier molecular flexibility index (Phi) is 3.74. The number of rotatable bonds is 0. The molecule has 0 saturated heterocycles. The first-order chi connectivity index (χ1) is 13.7. The number of allylic oxidation sites excluding steroid dienone is 4. The lowest BCUT2D eigenvalue weighted by molar-refractivity contribution is 0.774. The lowest BCUT2D eigenvalue weighted by Gasteiger charge is -2.33. The number of hydrogen-bond acceptors (Lipinski definition) is 0. The van der Waals surface area contributed by atoms with Crippen molar-refractivity contribution in [3.8, 4) is 11.1 Å². The third-order valence-corrected chi connectivity index (χ3v) is 6.74. The minimum absolute atomic E-state index is 0.138. The van der Waals surface area contributed by atoms with Gasteiger partial charge in [-0.25, -0.2) is 0 Å². The molecule has 0 N–H and O–H groups in total. The molecule has 0 heteroatoms. The Labute approximate surface area is 168 Å². The SMILES string of the molecule is CC.CC1=C(C)C2=C(C1)c1ccccc1C21c2ccccc2-c2ccccc21. The van der Waals surface area contributed by atoms with E-state index in [0.29, 0.717) is 0 Å². The maximum absolute atomic E-state index is 2.36. The molecule has 1 spiro atoms. The fourth-order valence-electron chi connectivity index (χ4n) is 5.67. The van der Waals surface area contributed by atoms with Crippen LogP contribution in [0.4, 0.5) is 0 Å². The van der Waals surface area contributed by atoms with Gasteiger partial charge in [-0.05, 0) is 70.4 Å². The molecule has 0 saturated carbocycles. The van der Waals surface area contributed by atoms with Crippen molar-refractivity contribution in [3.63, 3.8) is 0 Å². The van der Waals surface area contributed by atoms with Gasteiger partial charge >= 0.3 is 0 Å². The minimum atomic E-state index is -0.138. The van der Waals surface area contributed by atoms with E-state index < -0.39 is 0 Å². The van der Waals surface area contributed by atoms with Crippen LogP contribution in [0.5, 0.6) is 0 Å². The van der Waals surface area contributed by atoms with E-state index in [4.69, 9.17) is 0 Å². The number of fused-ring (bicyclic) bond motifs is 9. The summed E-state index contributed by atoms with van der Waals surface area (Å²) < 4.78 is 0. The highest BCUT2D eigenvalue weighted by molar-refractivity contribution is 5.98. The average Bonchev–Trinajstić information content (AvgIpc) is 3.33. The first-order valence-corrected chi connectivity index (χ1v) is 10.4. The Hall–Kier alpha value is -2.86. The molecule has 0 amide bonds. The maximum Gasteiger partial charge on any atom is 0.0724 e. The molecule has 0 heterocycles. The van der Waals surface area contributed by atoms with E-state index in [2.05, 4.69) is 86.6 Å². The van der Waals surface area contributed by atoms with Crippen molar-refractivity contribution >= 4 is 5.57 Å². The second kappa shape index (κ2) is 6.07. The molecule has 0 unspecified atom stereocenters. The molecule has 0 nitrogen and oxygen atoms in total. The Morgan fingerprint density at radius 3 is 1.57 bits per heavy atom. The molecule has 6 rings (SSSR count). The van der Waals surface area contributed by atoms with Gasteiger partial charge in [-0.1, -0.05) is 92.2 Å². The summed E-state index contributed by atoms with van der Waals surface area (Å²) in [5.41, 5.74) is 14.6. The summed E-state index contributed by atoms with van der Waals surface area (Å²) in [5.74, 6) is 0. The third-order valence-electron chi connectivity index (χ3n) is 6.74. The molecular weight excluding hydrogens is 336 g/mol.